The predicted molar refractivity (Wildman–Crippen MR) is 95.9 cm³/mol. The molecule has 0 N–H and O–H groups in total. The summed E-state index contributed by atoms with van der Waals surface area (Å²) >= 11 is 0. The lowest BCUT2D eigenvalue weighted by atomic mass is 10.2. The highest BCUT2D eigenvalue weighted by molar-refractivity contribution is 7.57. The lowest BCUT2D eigenvalue weighted by Crippen LogP contribution is -1.92. The third kappa shape index (κ3) is 3.60. The number of hydrogen-bond acceptors (Lipinski definition) is 0. The molecule has 0 aromatic heterocycles. The van der Waals surface area contributed by atoms with Crippen LogP contribution >= 0.6 is 15.8 Å². The normalized spacial score (nSPS) is 51.6. The molecule has 8 atom stereocenters. The summed E-state index contributed by atoms with van der Waals surface area (Å²) in [6.45, 7) is 14.6. The first-order chi connectivity index (χ1) is 9.40. The van der Waals surface area contributed by atoms with E-state index >= 15 is 0 Å². The van der Waals surface area contributed by atoms with E-state index in [2.05, 4.69) is 40.5 Å². The van der Waals surface area contributed by atoms with Gasteiger partial charge in [0, 0.05) is 0 Å². The Kier molecular flexibility index (Phi) is 4.58. The Bertz CT molecular complexity index is 317. The molecule has 0 aliphatic heterocycles. The van der Waals surface area contributed by atoms with Crippen molar-refractivity contribution in [2.45, 2.75) is 50.8 Å². The smallest absolute Gasteiger partial charge is 0.0180 e. The van der Waals surface area contributed by atoms with Crippen LogP contribution in [0.4, 0.5) is 0 Å². The first-order valence-corrected chi connectivity index (χ1v) is 13.3. The van der Waals surface area contributed by atoms with Crippen molar-refractivity contribution in [3.63, 3.8) is 0 Å². The molecule has 20 heavy (non-hydrogen) atoms. The molecule has 0 radical (unpaired) electrons. The van der Waals surface area contributed by atoms with E-state index in [1.165, 1.54) is 36.0 Å². The van der Waals surface area contributed by atoms with Gasteiger partial charge in [0.1, 0.15) is 0 Å². The Morgan fingerprint density at radius 2 is 0.850 bits per heavy atom. The first kappa shape index (κ1) is 15.7. The maximum atomic E-state index is 2.46. The third-order valence-corrected chi connectivity index (χ3v) is 10.2. The standard InChI is InChI=1S/C10H20P2.C8H14/c1-11(2)9-5-7(9)8-6-10(8)12(3)4;1-5-3-7(5)8-4-6(8)2/h7-10H,5-6H2,1-4H3;5-8H,3-4H2,1-2H3/t7-,8-,9+,10+;5-,6-,7+,8+/m00/s1. The van der Waals surface area contributed by atoms with Crippen LogP contribution in [0, 0.1) is 35.5 Å². The second-order valence-corrected chi connectivity index (χ2v) is 13.8. The Labute approximate surface area is 129 Å². The van der Waals surface area contributed by atoms with Crippen molar-refractivity contribution in [2.24, 2.45) is 35.5 Å². The van der Waals surface area contributed by atoms with Crippen molar-refractivity contribution in [2.75, 3.05) is 26.7 Å². The third-order valence-electron chi connectivity index (χ3n) is 6.38. The van der Waals surface area contributed by atoms with Gasteiger partial charge in [0.15, 0.2) is 0 Å². The summed E-state index contributed by atoms with van der Waals surface area (Å²) in [4.78, 5) is 0. The molecule has 0 amide bonds. The van der Waals surface area contributed by atoms with Gasteiger partial charge in [-0.2, -0.15) is 0 Å². The summed E-state index contributed by atoms with van der Waals surface area (Å²) in [7, 11) is 0.778. The molecule has 4 saturated carbocycles. The van der Waals surface area contributed by atoms with Crippen LogP contribution in [-0.4, -0.2) is 38.0 Å². The van der Waals surface area contributed by atoms with Gasteiger partial charge < -0.3 is 0 Å². The Morgan fingerprint density at radius 1 is 0.550 bits per heavy atom. The lowest BCUT2D eigenvalue weighted by molar-refractivity contribution is 0.614. The second-order valence-electron chi connectivity index (χ2n) is 8.61. The minimum absolute atomic E-state index is 0.389. The molecule has 0 aromatic carbocycles. The monoisotopic (exact) mass is 312 g/mol. The van der Waals surface area contributed by atoms with E-state index in [0.29, 0.717) is 15.8 Å². The SMILES string of the molecule is CP(C)[C@@H]1C[C@H]1[C@@H]1C[C@H]1P(C)C.C[C@H]1C[C@H]1[C@@H]1C[C@@H]1C. The highest BCUT2D eigenvalue weighted by Crippen LogP contribution is 2.66. The molecular formula is C18H34P2. The molecule has 0 nitrogen and oxygen atoms in total. The Hall–Kier alpha value is 0.860. The fraction of sp³-hybridized carbons (Fsp3) is 1.00. The lowest BCUT2D eigenvalue weighted by Gasteiger charge is -2.05. The van der Waals surface area contributed by atoms with Crippen LogP contribution in [0.25, 0.3) is 0 Å². The fourth-order valence-corrected chi connectivity index (χ4v) is 7.71. The Balaban J connectivity index is 0.000000131. The van der Waals surface area contributed by atoms with Crippen molar-refractivity contribution >= 4 is 15.8 Å². The van der Waals surface area contributed by atoms with Gasteiger partial charge in [0.2, 0.25) is 0 Å². The van der Waals surface area contributed by atoms with Crippen LogP contribution < -0.4 is 0 Å². The quantitative estimate of drug-likeness (QED) is 0.597. The minimum atomic E-state index is 0.389. The van der Waals surface area contributed by atoms with Gasteiger partial charge in [-0.3, -0.25) is 0 Å². The molecule has 2 heteroatoms. The molecule has 0 bridgehead atoms. The van der Waals surface area contributed by atoms with Crippen LogP contribution in [0.2, 0.25) is 0 Å². The van der Waals surface area contributed by atoms with E-state index in [1.54, 1.807) is 12.8 Å². The van der Waals surface area contributed by atoms with Crippen molar-refractivity contribution in [3.05, 3.63) is 0 Å². The van der Waals surface area contributed by atoms with Crippen molar-refractivity contribution in [3.8, 4) is 0 Å². The molecular weight excluding hydrogens is 278 g/mol. The highest BCUT2D eigenvalue weighted by atomic mass is 31.1. The molecule has 4 fully saturated rings. The highest BCUT2D eigenvalue weighted by Gasteiger charge is 2.54. The zero-order valence-corrected chi connectivity index (χ0v) is 16.1. The maximum absolute atomic E-state index is 2.46. The molecule has 0 spiro atoms. The molecule has 0 unspecified atom stereocenters. The van der Waals surface area contributed by atoms with Gasteiger partial charge in [-0.1, -0.05) is 13.8 Å². The van der Waals surface area contributed by atoms with Crippen LogP contribution in [0.5, 0.6) is 0 Å². The molecule has 0 heterocycles. The number of rotatable bonds is 4. The van der Waals surface area contributed by atoms with Gasteiger partial charge in [-0.15, -0.1) is 15.8 Å². The van der Waals surface area contributed by atoms with Crippen molar-refractivity contribution in [1.82, 2.24) is 0 Å². The maximum Gasteiger partial charge on any atom is -0.0180 e. The average molecular weight is 312 g/mol. The minimum Gasteiger partial charge on any atom is -0.110 e. The van der Waals surface area contributed by atoms with Crippen molar-refractivity contribution in [1.29, 1.82) is 0 Å². The summed E-state index contributed by atoms with van der Waals surface area (Å²) in [6.07, 6.45) is 6.25. The van der Waals surface area contributed by atoms with Gasteiger partial charge in [-0.25, -0.2) is 0 Å². The van der Waals surface area contributed by atoms with E-state index in [0.717, 1.165) is 23.7 Å². The topological polar surface area (TPSA) is 0 Å². The summed E-state index contributed by atoms with van der Waals surface area (Å²) in [5, 5.41) is 0. The molecule has 4 aliphatic carbocycles. The summed E-state index contributed by atoms with van der Waals surface area (Å²) in [5.41, 5.74) is 2.34. The first-order valence-electron chi connectivity index (χ1n) is 8.73. The average Bonchev–Trinajstić information content (AvgIpc) is 3.15. The zero-order chi connectivity index (χ0) is 14.6. The van der Waals surface area contributed by atoms with E-state index in [9.17, 15) is 0 Å². The summed E-state index contributed by atoms with van der Waals surface area (Å²) in [5.74, 6) is 6.85. The Morgan fingerprint density at radius 3 is 1.00 bits per heavy atom. The molecule has 0 saturated heterocycles. The van der Waals surface area contributed by atoms with Crippen LogP contribution in [0.15, 0.2) is 0 Å². The van der Waals surface area contributed by atoms with E-state index in [1.807, 2.05) is 0 Å². The van der Waals surface area contributed by atoms with Crippen LogP contribution in [-0.2, 0) is 0 Å². The van der Waals surface area contributed by atoms with Gasteiger partial charge in [-0.05, 0) is 99.2 Å². The van der Waals surface area contributed by atoms with E-state index < -0.39 is 0 Å². The largest absolute Gasteiger partial charge is 0.110 e. The van der Waals surface area contributed by atoms with Crippen LogP contribution in [0.1, 0.15) is 39.5 Å². The molecule has 0 aromatic rings. The molecule has 116 valence electrons. The second kappa shape index (κ2) is 5.81. The van der Waals surface area contributed by atoms with Gasteiger partial charge in [0.05, 0.1) is 0 Å². The van der Waals surface area contributed by atoms with E-state index in [4.69, 9.17) is 0 Å². The summed E-state index contributed by atoms with van der Waals surface area (Å²) in [6, 6.07) is 0. The predicted octanol–water partition coefficient (Wildman–Crippen LogP) is 5.54. The van der Waals surface area contributed by atoms with Crippen LogP contribution in [0.3, 0.4) is 0 Å². The molecule has 4 rings (SSSR count). The van der Waals surface area contributed by atoms with E-state index in [-0.39, 0.29) is 0 Å². The summed E-state index contributed by atoms with van der Waals surface area (Å²) < 4.78 is 0. The number of hydrogen-bond donors (Lipinski definition) is 0. The van der Waals surface area contributed by atoms with Gasteiger partial charge >= 0.3 is 0 Å². The van der Waals surface area contributed by atoms with Crippen molar-refractivity contribution < 1.29 is 0 Å². The zero-order valence-electron chi connectivity index (χ0n) is 14.3. The van der Waals surface area contributed by atoms with Gasteiger partial charge in [0.25, 0.3) is 0 Å². The molecule has 4 aliphatic rings. The fourth-order valence-electron chi connectivity index (χ4n) is 4.40.